The van der Waals surface area contributed by atoms with Crippen LogP contribution in [-0.2, 0) is 22.6 Å². The van der Waals surface area contributed by atoms with Crippen molar-refractivity contribution >= 4 is 5.96 Å². The molecule has 0 amide bonds. The summed E-state index contributed by atoms with van der Waals surface area (Å²) < 4.78 is 11.0. The lowest BCUT2D eigenvalue weighted by molar-refractivity contribution is 0.00989. The fourth-order valence-electron chi connectivity index (χ4n) is 3.33. The largest absolute Gasteiger partial charge is 0.385 e. The van der Waals surface area contributed by atoms with E-state index in [1.807, 2.05) is 7.05 Å². The number of guanidine groups is 1. The lowest BCUT2D eigenvalue weighted by atomic mass is 10.1. The second kappa shape index (κ2) is 12.0. The van der Waals surface area contributed by atoms with E-state index < -0.39 is 0 Å². The molecular formula is C21H36N4O2. The third-order valence-corrected chi connectivity index (χ3v) is 4.77. The Balaban J connectivity index is 1.73. The summed E-state index contributed by atoms with van der Waals surface area (Å²) in [5.74, 6) is 0.977. The summed E-state index contributed by atoms with van der Waals surface area (Å²) in [6, 6.07) is 8.79. The van der Waals surface area contributed by atoms with Gasteiger partial charge in [-0.05, 0) is 44.5 Å². The maximum atomic E-state index is 5.94. The van der Waals surface area contributed by atoms with E-state index in [0.717, 1.165) is 64.6 Å². The Morgan fingerprint density at radius 2 is 1.81 bits per heavy atom. The standard InChI is InChI=1S/C21H36N4O2/c1-22-21(23-16-18-6-8-19(9-7-18)17-24(2)3)25-12-10-20(11-13-25)27-15-5-14-26-4/h6-9,20H,5,10-17H2,1-4H3,(H,22,23). The summed E-state index contributed by atoms with van der Waals surface area (Å²) in [6.45, 7) is 5.29. The Labute approximate surface area is 164 Å². The second-order valence-corrected chi connectivity index (χ2v) is 7.36. The first-order valence-corrected chi connectivity index (χ1v) is 9.91. The van der Waals surface area contributed by atoms with E-state index in [4.69, 9.17) is 9.47 Å². The van der Waals surface area contributed by atoms with Gasteiger partial charge in [-0.3, -0.25) is 4.99 Å². The van der Waals surface area contributed by atoms with E-state index in [9.17, 15) is 0 Å². The zero-order chi connectivity index (χ0) is 19.5. The summed E-state index contributed by atoms with van der Waals surface area (Å²) in [5.41, 5.74) is 2.61. The van der Waals surface area contributed by atoms with Gasteiger partial charge in [-0.1, -0.05) is 24.3 Å². The number of nitrogens with one attached hydrogen (secondary N) is 1. The summed E-state index contributed by atoms with van der Waals surface area (Å²) in [7, 11) is 7.77. The lowest BCUT2D eigenvalue weighted by Crippen LogP contribution is -2.46. The van der Waals surface area contributed by atoms with E-state index in [2.05, 4.69) is 58.5 Å². The summed E-state index contributed by atoms with van der Waals surface area (Å²) >= 11 is 0. The molecule has 2 rings (SSSR count). The van der Waals surface area contributed by atoms with Gasteiger partial charge in [0.2, 0.25) is 0 Å². The Morgan fingerprint density at radius 3 is 2.41 bits per heavy atom. The first kappa shape index (κ1) is 21.7. The van der Waals surface area contributed by atoms with Crippen LogP contribution in [0.15, 0.2) is 29.3 Å². The molecule has 152 valence electrons. The van der Waals surface area contributed by atoms with E-state index in [-0.39, 0.29) is 0 Å². The number of aliphatic imine (C=N–C) groups is 1. The maximum Gasteiger partial charge on any atom is 0.193 e. The van der Waals surface area contributed by atoms with Crippen molar-refractivity contribution in [3.05, 3.63) is 35.4 Å². The number of piperidine rings is 1. The Bertz CT molecular complexity index is 552. The van der Waals surface area contributed by atoms with Crippen LogP contribution >= 0.6 is 0 Å². The second-order valence-electron chi connectivity index (χ2n) is 7.36. The molecule has 1 aromatic rings. The zero-order valence-electron chi connectivity index (χ0n) is 17.4. The predicted molar refractivity (Wildman–Crippen MR) is 111 cm³/mol. The normalized spacial score (nSPS) is 16.2. The zero-order valence-corrected chi connectivity index (χ0v) is 17.4. The number of hydrogen-bond donors (Lipinski definition) is 1. The number of methoxy groups -OCH3 is 1. The van der Waals surface area contributed by atoms with Crippen molar-refractivity contribution in [1.29, 1.82) is 0 Å². The van der Waals surface area contributed by atoms with E-state index in [1.54, 1.807) is 7.11 Å². The topological polar surface area (TPSA) is 49.3 Å². The van der Waals surface area contributed by atoms with Crippen LogP contribution in [-0.4, -0.2) is 76.4 Å². The van der Waals surface area contributed by atoms with Crippen LogP contribution in [0, 0.1) is 0 Å². The number of rotatable bonds is 9. The van der Waals surface area contributed by atoms with Gasteiger partial charge in [0, 0.05) is 53.6 Å². The van der Waals surface area contributed by atoms with E-state index in [1.165, 1.54) is 11.1 Å². The number of nitrogens with zero attached hydrogens (tertiary/aromatic N) is 3. The minimum Gasteiger partial charge on any atom is -0.385 e. The van der Waals surface area contributed by atoms with Gasteiger partial charge in [0.15, 0.2) is 5.96 Å². The van der Waals surface area contributed by atoms with Gasteiger partial charge >= 0.3 is 0 Å². The Morgan fingerprint density at radius 1 is 1.15 bits per heavy atom. The van der Waals surface area contributed by atoms with Gasteiger partial charge in [-0.2, -0.15) is 0 Å². The Kier molecular flexibility index (Phi) is 9.59. The monoisotopic (exact) mass is 376 g/mol. The van der Waals surface area contributed by atoms with Gasteiger partial charge in [0.25, 0.3) is 0 Å². The van der Waals surface area contributed by atoms with E-state index >= 15 is 0 Å². The molecule has 0 aromatic heterocycles. The van der Waals surface area contributed by atoms with Crippen molar-refractivity contribution in [2.75, 3.05) is 54.6 Å². The Hall–Kier alpha value is -1.63. The number of hydrogen-bond acceptors (Lipinski definition) is 4. The smallest absolute Gasteiger partial charge is 0.193 e. The highest BCUT2D eigenvalue weighted by Gasteiger charge is 2.21. The molecule has 0 aliphatic carbocycles. The number of likely N-dealkylation sites (tertiary alicyclic amines) is 1. The molecule has 1 N–H and O–H groups in total. The van der Waals surface area contributed by atoms with Gasteiger partial charge in [-0.25, -0.2) is 0 Å². The summed E-state index contributed by atoms with van der Waals surface area (Å²) in [4.78, 5) is 8.97. The fourth-order valence-corrected chi connectivity index (χ4v) is 3.33. The van der Waals surface area contributed by atoms with Crippen molar-refractivity contribution in [2.24, 2.45) is 4.99 Å². The first-order valence-electron chi connectivity index (χ1n) is 9.91. The molecule has 1 aliphatic rings. The molecule has 6 heteroatoms. The fraction of sp³-hybridized carbons (Fsp3) is 0.667. The molecular weight excluding hydrogens is 340 g/mol. The SMILES string of the molecule is CN=C(NCc1ccc(CN(C)C)cc1)N1CCC(OCCCOC)CC1. The van der Waals surface area contributed by atoms with Crippen molar-refractivity contribution in [1.82, 2.24) is 15.1 Å². The highest BCUT2D eigenvalue weighted by atomic mass is 16.5. The van der Waals surface area contributed by atoms with Crippen LogP contribution < -0.4 is 5.32 Å². The molecule has 0 atom stereocenters. The maximum absolute atomic E-state index is 5.94. The average Bonchev–Trinajstić information content (AvgIpc) is 2.67. The van der Waals surface area contributed by atoms with Crippen LogP contribution in [0.3, 0.4) is 0 Å². The molecule has 0 bridgehead atoms. The van der Waals surface area contributed by atoms with E-state index in [0.29, 0.717) is 6.10 Å². The van der Waals surface area contributed by atoms with Gasteiger partial charge in [0.1, 0.15) is 0 Å². The molecule has 1 aliphatic heterocycles. The quantitative estimate of drug-likeness (QED) is 0.407. The van der Waals surface area contributed by atoms with Crippen molar-refractivity contribution in [3.63, 3.8) is 0 Å². The molecule has 1 fully saturated rings. The molecule has 1 saturated heterocycles. The van der Waals surface area contributed by atoms with Gasteiger partial charge in [0.05, 0.1) is 6.10 Å². The lowest BCUT2D eigenvalue weighted by Gasteiger charge is -2.34. The molecule has 0 spiro atoms. The van der Waals surface area contributed by atoms with Crippen LogP contribution in [0.2, 0.25) is 0 Å². The predicted octanol–water partition coefficient (Wildman–Crippen LogP) is 2.34. The van der Waals surface area contributed by atoms with Crippen LogP contribution in [0.5, 0.6) is 0 Å². The molecule has 0 unspecified atom stereocenters. The highest BCUT2D eigenvalue weighted by molar-refractivity contribution is 5.79. The van der Waals surface area contributed by atoms with Crippen molar-refractivity contribution in [3.8, 4) is 0 Å². The molecule has 0 radical (unpaired) electrons. The van der Waals surface area contributed by atoms with Crippen molar-refractivity contribution < 1.29 is 9.47 Å². The molecule has 1 heterocycles. The minimum absolute atomic E-state index is 0.362. The third-order valence-electron chi connectivity index (χ3n) is 4.77. The average molecular weight is 377 g/mol. The van der Waals surface area contributed by atoms with Crippen LogP contribution in [0.25, 0.3) is 0 Å². The highest BCUT2D eigenvalue weighted by Crippen LogP contribution is 2.14. The van der Waals surface area contributed by atoms with Gasteiger partial charge in [-0.15, -0.1) is 0 Å². The molecule has 27 heavy (non-hydrogen) atoms. The summed E-state index contributed by atoms with van der Waals surface area (Å²) in [6.07, 6.45) is 3.42. The summed E-state index contributed by atoms with van der Waals surface area (Å²) in [5, 5.41) is 3.50. The minimum atomic E-state index is 0.362. The van der Waals surface area contributed by atoms with Crippen molar-refractivity contribution in [2.45, 2.75) is 38.5 Å². The number of benzene rings is 1. The van der Waals surface area contributed by atoms with Crippen LogP contribution in [0.1, 0.15) is 30.4 Å². The molecule has 6 nitrogen and oxygen atoms in total. The first-order chi connectivity index (χ1) is 13.1. The van der Waals surface area contributed by atoms with Gasteiger partial charge < -0.3 is 24.6 Å². The third kappa shape index (κ3) is 7.87. The molecule has 1 aromatic carbocycles. The number of ether oxygens (including phenoxy) is 2. The van der Waals surface area contributed by atoms with Crippen LogP contribution in [0.4, 0.5) is 0 Å². The molecule has 0 saturated carbocycles.